The smallest absolute Gasteiger partial charge is 0.0369 e. The first kappa shape index (κ1) is 14.0. The molecule has 0 fully saturated rings. The standard InChI is InChI=1S/C20H16S3/c1-2-3-4-14-7-13-9-16-15-8-12-5-6-21-17(12)10-19(15)23-20(16)11-18(13)22-14/h5-11H,2-4H2,1H3. The minimum absolute atomic E-state index is 1.22. The van der Waals surface area contributed by atoms with Crippen LogP contribution in [0.3, 0.4) is 0 Å². The highest BCUT2D eigenvalue weighted by Crippen LogP contribution is 2.41. The summed E-state index contributed by atoms with van der Waals surface area (Å²) in [5, 5.41) is 7.81. The van der Waals surface area contributed by atoms with Gasteiger partial charge in [0, 0.05) is 34.4 Å². The molecule has 0 unspecified atom stereocenters. The average molecular weight is 353 g/mol. The molecular formula is C20H16S3. The molecule has 23 heavy (non-hydrogen) atoms. The van der Waals surface area contributed by atoms with Gasteiger partial charge in [0.15, 0.2) is 0 Å². The highest BCUT2D eigenvalue weighted by Gasteiger charge is 2.10. The molecular weight excluding hydrogens is 336 g/mol. The number of hydrogen-bond donors (Lipinski definition) is 0. The van der Waals surface area contributed by atoms with Crippen molar-refractivity contribution in [1.29, 1.82) is 0 Å². The number of aryl methyl sites for hydroxylation is 1. The molecule has 0 aliphatic carbocycles. The van der Waals surface area contributed by atoms with Crippen LogP contribution in [0.4, 0.5) is 0 Å². The summed E-state index contributed by atoms with van der Waals surface area (Å²) in [7, 11) is 0. The van der Waals surface area contributed by atoms with Crippen LogP contribution < -0.4 is 0 Å². The van der Waals surface area contributed by atoms with Gasteiger partial charge in [0.05, 0.1) is 0 Å². The monoisotopic (exact) mass is 352 g/mol. The van der Waals surface area contributed by atoms with Gasteiger partial charge in [-0.2, -0.15) is 0 Å². The third-order valence-corrected chi connectivity index (χ3v) is 7.66. The van der Waals surface area contributed by atoms with Crippen molar-refractivity contribution in [2.24, 2.45) is 0 Å². The predicted octanol–water partition coefficient (Wildman–Crippen LogP) is 7.83. The van der Waals surface area contributed by atoms with Crippen molar-refractivity contribution in [1.82, 2.24) is 0 Å². The van der Waals surface area contributed by atoms with Crippen LogP contribution in [0.25, 0.3) is 40.3 Å². The second kappa shape index (κ2) is 5.30. The number of fused-ring (bicyclic) bond motifs is 5. The van der Waals surface area contributed by atoms with Gasteiger partial charge < -0.3 is 0 Å². The number of rotatable bonds is 3. The van der Waals surface area contributed by atoms with Gasteiger partial charge in [0.25, 0.3) is 0 Å². The molecule has 0 atom stereocenters. The topological polar surface area (TPSA) is 0 Å². The van der Waals surface area contributed by atoms with Gasteiger partial charge >= 0.3 is 0 Å². The molecule has 0 aliphatic rings. The van der Waals surface area contributed by atoms with Gasteiger partial charge in [-0.3, -0.25) is 0 Å². The van der Waals surface area contributed by atoms with Crippen LogP contribution in [0.1, 0.15) is 24.6 Å². The maximum absolute atomic E-state index is 2.41. The molecule has 0 nitrogen and oxygen atoms in total. The quantitative estimate of drug-likeness (QED) is 0.310. The minimum Gasteiger partial charge on any atom is -0.144 e. The van der Waals surface area contributed by atoms with Crippen LogP contribution in [0, 0.1) is 0 Å². The van der Waals surface area contributed by atoms with Crippen LogP contribution in [0.15, 0.2) is 41.8 Å². The van der Waals surface area contributed by atoms with E-state index in [1.54, 1.807) is 0 Å². The Morgan fingerprint density at radius 2 is 1.57 bits per heavy atom. The Morgan fingerprint density at radius 1 is 0.783 bits per heavy atom. The lowest BCUT2D eigenvalue weighted by Gasteiger charge is -1.94. The first-order chi connectivity index (χ1) is 11.3. The van der Waals surface area contributed by atoms with E-state index >= 15 is 0 Å². The number of hydrogen-bond acceptors (Lipinski definition) is 3. The average Bonchev–Trinajstić information content (AvgIpc) is 3.23. The molecule has 0 amide bonds. The third-order valence-electron chi connectivity index (χ3n) is 4.51. The fraction of sp³-hybridized carbons (Fsp3) is 0.200. The molecule has 3 heteroatoms. The van der Waals surface area contributed by atoms with Crippen LogP contribution in [-0.2, 0) is 6.42 Å². The van der Waals surface area contributed by atoms with E-state index in [4.69, 9.17) is 0 Å². The van der Waals surface area contributed by atoms with E-state index in [0.717, 1.165) is 0 Å². The molecule has 2 aromatic carbocycles. The van der Waals surface area contributed by atoms with E-state index in [9.17, 15) is 0 Å². The van der Waals surface area contributed by atoms with Crippen LogP contribution in [-0.4, -0.2) is 0 Å². The predicted molar refractivity (Wildman–Crippen MR) is 109 cm³/mol. The first-order valence-corrected chi connectivity index (χ1v) is 10.6. The minimum atomic E-state index is 1.22. The zero-order valence-corrected chi connectivity index (χ0v) is 15.3. The van der Waals surface area contributed by atoms with Gasteiger partial charge in [-0.05, 0) is 65.4 Å². The van der Waals surface area contributed by atoms with Crippen molar-refractivity contribution in [3.8, 4) is 0 Å². The molecule has 114 valence electrons. The Labute approximate surface area is 147 Å². The molecule has 0 aliphatic heterocycles. The zero-order chi connectivity index (χ0) is 15.4. The highest BCUT2D eigenvalue weighted by molar-refractivity contribution is 7.27. The number of thiophene rings is 3. The summed E-state index contributed by atoms with van der Waals surface area (Å²) in [6.45, 7) is 2.26. The second-order valence-electron chi connectivity index (χ2n) is 6.11. The fourth-order valence-electron chi connectivity index (χ4n) is 3.30. The maximum atomic E-state index is 2.41. The normalized spacial score (nSPS) is 12.2. The first-order valence-electron chi connectivity index (χ1n) is 8.08. The SMILES string of the molecule is CCCCc1cc2cc3c(cc2s1)sc1cc2sccc2cc13. The summed E-state index contributed by atoms with van der Waals surface area (Å²) in [4.78, 5) is 1.53. The summed E-state index contributed by atoms with van der Waals surface area (Å²) in [5.74, 6) is 0. The van der Waals surface area contributed by atoms with Crippen LogP contribution >= 0.6 is 34.0 Å². The van der Waals surface area contributed by atoms with E-state index in [-0.39, 0.29) is 0 Å². The Morgan fingerprint density at radius 3 is 2.39 bits per heavy atom. The molecule has 0 saturated heterocycles. The summed E-state index contributed by atoms with van der Waals surface area (Å²) in [6.07, 6.45) is 3.78. The maximum Gasteiger partial charge on any atom is 0.0369 e. The zero-order valence-electron chi connectivity index (χ0n) is 12.9. The van der Waals surface area contributed by atoms with E-state index in [0.29, 0.717) is 0 Å². The Bertz CT molecular complexity index is 1150. The molecule has 5 aromatic rings. The van der Waals surface area contributed by atoms with Crippen molar-refractivity contribution in [2.75, 3.05) is 0 Å². The molecule has 3 aromatic heterocycles. The molecule has 0 radical (unpaired) electrons. The van der Waals surface area contributed by atoms with E-state index in [2.05, 4.69) is 48.7 Å². The van der Waals surface area contributed by atoms with Gasteiger partial charge in [-0.25, -0.2) is 0 Å². The van der Waals surface area contributed by atoms with Crippen molar-refractivity contribution >= 4 is 74.4 Å². The molecule has 0 saturated carbocycles. The summed E-state index contributed by atoms with van der Waals surface area (Å²) < 4.78 is 5.68. The van der Waals surface area contributed by atoms with Crippen molar-refractivity contribution < 1.29 is 0 Å². The largest absolute Gasteiger partial charge is 0.144 e. The molecule has 0 bridgehead atoms. The Kier molecular flexibility index (Phi) is 3.22. The molecule has 0 spiro atoms. The van der Waals surface area contributed by atoms with E-state index in [1.165, 1.54) is 64.5 Å². The number of unbranched alkanes of at least 4 members (excludes halogenated alkanes) is 1. The van der Waals surface area contributed by atoms with Gasteiger partial charge in [-0.1, -0.05) is 13.3 Å². The van der Waals surface area contributed by atoms with E-state index < -0.39 is 0 Å². The van der Waals surface area contributed by atoms with Crippen molar-refractivity contribution in [2.45, 2.75) is 26.2 Å². The molecule has 5 rings (SSSR count). The lowest BCUT2D eigenvalue weighted by atomic mass is 10.1. The Balaban J connectivity index is 1.77. The van der Waals surface area contributed by atoms with Gasteiger partial charge in [-0.15, -0.1) is 34.0 Å². The summed E-state index contributed by atoms with van der Waals surface area (Å²) in [6, 6.07) is 14.2. The molecule has 0 N–H and O–H groups in total. The van der Waals surface area contributed by atoms with Crippen molar-refractivity contribution in [3.63, 3.8) is 0 Å². The highest BCUT2D eigenvalue weighted by atomic mass is 32.1. The van der Waals surface area contributed by atoms with Crippen molar-refractivity contribution in [3.05, 3.63) is 46.7 Å². The molecule has 3 heterocycles. The van der Waals surface area contributed by atoms with E-state index in [1.807, 2.05) is 34.0 Å². The third kappa shape index (κ3) is 2.22. The lowest BCUT2D eigenvalue weighted by molar-refractivity contribution is 0.804. The lowest BCUT2D eigenvalue weighted by Crippen LogP contribution is -1.76. The van der Waals surface area contributed by atoms with Crippen LogP contribution in [0.2, 0.25) is 0 Å². The Hall–Kier alpha value is -1.42. The number of benzene rings is 2. The summed E-state index contributed by atoms with van der Waals surface area (Å²) >= 11 is 5.75. The van der Waals surface area contributed by atoms with Gasteiger partial charge in [0.1, 0.15) is 0 Å². The summed E-state index contributed by atoms with van der Waals surface area (Å²) in [5.41, 5.74) is 0. The van der Waals surface area contributed by atoms with Gasteiger partial charge in [0.2, 0.25) is 0 Å². The fourth-order valence-corrected chi connectivity index (χ4v) is 6.53. The van der Waals surface area contributed by atoms with Crippen LogP contribution in [0.5, 0.6) is 0 Å². The second-order valence-corrected chi connectivity index (χ2v) is 9.31.